The van der Waals surface area contributed by atoms with Crippen LogP contribution in [-0.4, -0.2) is 40.7 Å². The van der Waals surface area contributed by atoms with Crippen molar-refractivity contribution >= 4 is 14.2 Å². The molecule has 4 nitrogen and oxygen atoms in total. The van der Waals surface area contributed by atoms with E-state index in [9.17, 15) is 0 Å². The maximum absolute atomic E-state index is 5.69. The second-order valence-corrected chi connectivity index (χ2v) is 4.48. The molecule has 0 aromatic rings. The Balaban J connectivity index is 2.14. The van der Waals surface area contributed by atoms with Crippen LogP contribution in [0, 0.1) is 0 Å². The molecule has 0 amide bonds. The average Bonchev–Trinajstić information content (AvgIpc) is 2.98. The third kappa shape index (κ3) is 2.16. The molecule has 6 heteroatoms. The molecule has 2 fully saturated rings. The van der Waals surface area contributed by atoms with Crippen molar-refractivity contribution in [3.05, 3.63) is 0 Å². The summed E-state index contributed by atoms with van der Waals surface area (Å²) in [6.45, 7) is 7.07. The first kappa shape index (κ1) is 12.4. The average molecular weight is 226 g/mol. The normalized spacial score (nSPS) is 22.1. The van der Waals surface area contributed by atoms with Gasteiger partial charge in [-0.05, 0) is 0 Å². The molecule has 0 unspecified atom stereocenters. The smallest absolute Gasteiger partial charge is 0.409 e. The largest absolute Gasteiger partial charge is 0.461 e. The maximum atomic E-state index is 5.69. The summed E-state index contributed by atoms with van der Waals surface area (Å²) in [5, 5.41) is -0.137. The lowest BCUT2D eigenvalue weighted by Gasteiger charge is -2.34. The molecule has 0 atom stereocenters. The Morgan fingerprint density at radius 2 is 1.31 bits per heavy atom. The summed E-state index contributed by atoms with van der Waals surface area (Å²) in [4.78, 5) is 0. The summed E-state index contributed by atoms with van der Waals surface area (Å²) >= 11 is 0. The summed E-state index contributed by atoms with van der Waals surface area (Å²) in [5.41, 5.74) is 0. The van der Waals surface area contributed by atoms with Crippen LogP contribution in [0.4, 0.5) is 0 Å². The lowest BCUT2D eigenvalue weighted by Crippen LogP contribution is -2.47. The van der Waals surface area contributed by atoms with Gasteiger partial charge in [-0.1, -0.05) is 33.1 Å². The predicted octanol–water partition coefficient (Wildman–Crippen LogP) is 1.55. The minimum atomic E-state index is -0.166. The molecule has 0 saturated carbocycles. The molecule has 2 rings (SSSR count). The molecule has 90 valence electrons. The van der Waals surface area contributed by atoms with Crippen molar-refractivity contribution in [1.82, 2.24) is 0 Å². The zero-order chi connectivity index (χ0) is 11.4. The maximum Gasteiger partial charge on any atom is 0.461 e. The highest BCUT2D eigenvalue weighted by atomic mass is 16.7. The second kappa shape index (κ2) is 5.54. The van der Waals surface area contributed by atoms with Crippen LogP contribution in [0.1, 0.15) is 33.1 Å². The highest BCUT2D eigenvalue weighted by molar-refractivity contribution is 6.71. The first-order chi connectivity index (χ1) is 7.83. The van der Waals surface area contributed by atoms with Gasteiger partial charge in [0.1, 0.15) is 0 Å². The fourth-order valence-corrected chi connectivity index (χ4v) is 2.70. The Labute approximate surface area is 98.3 Å². The zero-order valence-electron chi connectivity index (χ0n) is 10.2. The van der Waals surface area contributed by atoms with Crippen LogP contribution in [0.5, 0.6) is 0 Å². The van der Waals surface area contributed by atoms with E-state index in [-0.39, 0.29) is 19.5 Å². The molecule has 0 N–H and O–H groups in total. The van der Waals surface area contributed by atoms with Crippen molar-refractivity contribution in [3.63, 3.8) is 0 Å². The van der Waals surface area contributed by atoms with E-state index in [0.29, 0.717) is 26.4 Å². The van der Waals surface area contributed by atoms with Crippen LogP contribution in [0.25, 0.3) is 0 Å². The van der Waals surface area contributed by atoms with E-state index in [1.54, 1.807) is 0 Å². The molecule has 0 radical (unpaired) electrons. The van der Waals surface area contributed by atoms with Crippen molar-refractivity contribution in [2.24, 2.45) is 0 Å². The van der Waals surface area contributed by atoms with Crippen molar-refractivity contribution < 1.29 is 18.6 Å². The number of rotatable bonds is 5. The minimum absolute atomic E-state index is 0.137. The molecule has 2 aliphatic rings. The summed E-state index contributed by atoms with van der Waals surface area (Å²) in [6.07, 6.45) is 3.05. The number of hydrogen-bond acceptors (Lipinski definition) is 4. The predicted molar refractivity (Wildman–Crippen MR) is 63.2 cm³/mol. The first-order valence-corrected chi connectivity index (χ1v) is 6.30. The van der Waals surface area contributed by atoms with Gasteiger partial charge in [0.05, 0.1) is 26.4 Å². The third-order valence-electron chi connectivity index (χ3n) is 3.56. The van der Waals surface area contributed by atoms with Gasteiger partial charge in [0.15, 0.2) is 0 Å². The quantitative estimate of drug-likeness (QED) is 0.666. The molecule has 16 heavy (non-hydrogen) atoms. The zero-order valence-corrected chi connectivity index (χ0v) is 10.2. The molecule has 2 saturated heterocycles. The van der Waals surface area contributed by atoms with Crippen LogP contribution in [-0.2, 0) is 18.6 Å². The highest BCUT2D eigenvalue weighted by Gasteiger charge is 2.57. The van der Waals surface area contributed by atoms with E-state index >= 15 is 0 Å². The molecule has 2 aliphatic heterocycles. The van der Waals surface area contributed by atoms with Gasteiger partial charge < -0.3 is 18.6 Å². The van der Waals surface area contributed by atoms with E-state index < -0.39 is 0 Å². The molecule has 0 aromatic carbocycles. The van der Waals surface area contributed by atoms with Crippen LogP contribution < -0.4 is 0 Å². The Kier molecular flexibility index (Phi) is 4.30. The van der Waals surface area contributed by atoms with E-state index in [4.69, 9.17) is 18.6 Å². The van der Waals surface area contributed by atoms with Gasteiger partial charge in [0, 0.05) is 5.21 Å². The van der Waals surface area contributed by atoms with Crippen LogP contribution in [0.3, 0.4) is 0 Å². The van der Waals surface area contributed by atoms with Crippen LogP contribution in [0.15, 0.2) is 0 Å². The molecule has 0 spiro atoms. The molecular weight excluding hydrogens is 206 g/mol. The van der Waals surface area contributed by atoms with Crippen molar-refractivity contribution in [2.45, 2.75) is 38.3 Å². The van der Waals surface area contributed by atoms with Gasteiger partial charge >= 0.3 is 14.2 Å². The van der Waals surface area contributed by atoms with Crippen molar-refractivity contribution in [3.8, 4) is 0 Å². The Bertz CT molecular complexity index is 199. The fraction of sp³-hybridized carbons (Fsp3) is 1.00. The number of hydrogen-bond donors (Lipinski definition) is 0. The lowest BCUT2D eigenvalue weighted by molar-refractivity contribution is 0.281. The van der Waals surface area contributed by atoms with Crippen LogP contribution >= 0.6 is 0 Å². The molecular formula is C10H20B2O4. The minimum Gasteiger partial charge on any atom is -0.409 e. The van der Waals surface area contributed by atoms with Gasteiger partial charge in [-0.3, -0.25) is 0 Å². The van der Waals surface area contributed by atoms with Gasteiger partial charge in [0.2, 0.25) is 0 Å². The standard InChI is InChI=1S/C10H20B2O4/c1-3-5-10(4-2,11-13-6-7-14-11)12-15-8-9-16-12/h3-9H2,1-2H3. The highest BCUT2D eigenvalue weighted by Crippen LogP contribution is 2.45. The van der Waals surface area contributed by atoms with Gasteiger partial charge in [0.25, 0.3) is 0 Å². The van der Waals surface area contributed by atoms with E-state index in [0.717, 1.165) is 19.3 Å². The van der Waals surface area contributed by atoms with Gasteiger partial charge in [-0.25, -0.2) is 0 Å². The van der Waals surface area contributed by atoms with E-state index in [2.05, 4.69) is 13.8 Å². The first-order valence-electron chi connectivity index (χ1n) is 6.30. The Morgan fingerprint density at radius 1 is 0.875 bits per heavy atom. The van der Waals surface area contributed by atoms with E-state index in [1.165, 1.54) is 0 Å². The topological polar surface area (TPSA) is 36.9 Å². The van der Waals surface area contributed by atoms with Crippen LogP contribution in [0.2, 0.25) is 5.21 Å². The summed E-state index contributed by atoms with van der Waals surface area (Å²) in [5.74, 6) is 0. The summed E-state index contributed by atoms with van der Waals surface area (Å²) in [7, 11) is -0.332. The lowest BCUT2D eigenvalue weighted by atomic mass is 9.36. The molecule has 0 aliphatic carbocycles. The SMILES string of the molecule is CCCC(CC)(B1OCCO1)B1OCCO1. The Hall–Kier alpha value is -0.0301. The van der Waals surface area contributed by atoms with Crippen molar-refractivity contribution in [1.29, 1.82) is 0 Å². The molecule has 0 aromatic heterocycles. The van der Waals surface area contributed by atoms with Crippen molar-refractivity contribution in [2.75, 3.05) is 26.4 Å². The van der Waals surface area contributed by atoms with E-state index in [1.807, 2.05) is 0 Å². The fourth-order valence-electron chi connectivity index (χ4n) is 2.70. The third-order valence-corrected chi connectivity index (χ3v) is 3.56. The van der Waals surface area contributed by atoms with Gasteiger partial charge in [-0.2, -0.15) is 0 Å². The molecule has 2 heterocycles. The Morgan fingerprint density at radius 3 is 1.62 bits per heavy atom. The van der Waals surface area contributed by atoms with Gasteiger partial charge in [-0.15, -0.1) is 0 Å². The second-order valence-electron chi connectivity index (χ2n) is 4.48. The monoisotopic (exact) mass is 226 g/mol. The molecule has 0 bridgehead atoms. The summed E-state index contributed by atoms with van der Waals surface area (Å²) in [6, 6.07) is 0. The summed E-state index contributed by atoms with van der Waals surface area (Å²) < 4.78 is 22.8.